The highest BCUT2D eigenvalue weighted by Gasteiger charge is 2.32. The van der Waals surface area contributed by atoms with Crippen molar-refractivity contribution in [3.05, 3.63) is 36.2 Å². The number of nitrogens with zero attached hydrogens (tertiary/aromatic N) is 3. The first-order valence-electron chi connectivity index (χ1n) is 7.11. The normalized spacial score (nSPS) is 15.3. The smallest absolute Gasteiger partial charge is 0.358 e. The highest BCUT2D eigenvalue weighted by atomic mass is 16.4. The second-order valence-corrected chi connectivity index (χ2v) is 5.52. The Morgan fingerprint density at radius 1 is 1.41 bits per heavy atom. The number of benzene rings is 1. The van der Waals surface area contributed by atoms with Crippen molar-refractivity contribution in [2.45, 2.75) is 19.8 Å². The van der Waals surface area contributed by atoms with Crippen molar-refractivity contribution in [1.29, 1.82) is 0 Å². The number of hydrogen-bond acceptors (Lipinski definition) is 4. The van der Waals surface area contributed by atoms with E-state index in [1.807, 2.05) is 6.92 Å². The highest BCUT2D eigenvalue weighted by Crippen LogP contribution is 2.37. The predicted octanol–water partition coefficient (Wildman–Crippen LogP) is 1.95. The molecule has 0 bridgehead atoms. The average molecular weight is 300 g/mol. The molecule has 0 unspecified atom stereocenters. The van der Waals surface area contributed by atoms with Gasteiger partial charge in [0.05, 0.1) is 11.9 Å². The maximum atomic E-state index is 12.1. The molecule has 0 aliphatic heterocycles. The van der Waals surface area contributed by atoms with Gasteiger partial charge in [-0.3, -0.25) is 4.79 Å². The number of amides is 1. The van der Waals surface area contributed by atoms with Crippen LogP contribution in [0.15, 0.2) is 30.5 Å². The van der Waals surface area contributed by atoms with Gasteiger partial charge in [0.15, 0.2) is 5.69 Å². The summed E-state index contributed by atoms with van der Waals surface area (Å²) >= 11 is 0. The Hall–Kier alpha value is -2.70. The van der Waals surface area contributed by atoms with Gasteiger partial charge in [-0.2, -0.15) is 0 Å². The molecule has 114 valence electrons. The predicted molar refractivity (Wildman–Crippen MR) is 78.8 cm³/mol. The van der Waals surface area contributed by atoms with Gasteiger partial charge in [0.2, 0.25) is 5.91 Å². The molecule has 3 rings (SSSR count). The largest absolute Gasteiger partial charge is 0.476 e. The van der Waals surface area contributed by atoms with Crippen LogP contribution in [0, 0.1) is 11.8 Å². The first-order valence-corrected chi connectivity index (χ1v) is 7.11. The van der Waals surface area contributed by atoms with E-state index in [2.05, 4.69) is 15.6 Å². The minimum Gasteiger partial charge on any atom is -0.476 e. The van der Waals surface area contributed by atoms with E-state index in [0.717, 1.165) is 12.8 Å². The van der Waals surface area contributed by atoms with Crippen molar-refractivity contribution in [2.75, 3.05) is 5.32 Å². The van der Waals surface area contributed by atoms with Crippen LogP contribution < -0.4 is 5.32 Å². The van der Waals surface area contributed by atoms with Crippen LogP contribution in [0.1, 0.15) is 30.3 Å². The second-order valence-electron chi connectivity index (χ2n) is 5.52. The van der Waals surface area contributed by atoms with E-state index in [-0.39, 0.29) is 17.5 Å². The third kappa shape index (κ3) is 2.98. The second kappa shape index (κ2) is 5.59. The molecule has 1 saturated carbocycles. The molecule has 7 heteroatoms. The van der Waals surface area contributed by atoms with Gasteiger partial charge in [-0.05, 0) is 37.0 Å². The van der Waals surface area contributed by atoms with Crippen LogP contribution in [0.25, 0.3) is 5.69 Å². The minimum atomic E-state index is -1.13. The van der Waals surface area contributed by atoms with Crippen molar-refractivity contribution in [2.24, 2.45) is 11.8 Å². The standard InChI is InChI=1S/C15H16N4O3/c1-9(10-5-6-10)14(20)16-11-3-2-4-12(7-11)19-8-13(15(21)22)17-18-19/h2-4,7-10H,5-6H2,1H3,(H,16,20)(H,21,22)/t9-/m0/s1. The lowest BCUT2D eigenvalue weighted by Gasteiger charge is -2.11. The number of carboxylic acid groups (broad SMARTS) is 1. The van der Waals surface area contributed by atoms with Gasteiger partial charge >= 0.3 is 5.97 Å². The maximum Gasteiger partial charge on any atom is 0.358 e. The van der Waals surface area contributed by atoms with Crippen LogP contribution in [0.3, 0.4) is 0 Å². The third-order valence-corrected chi connectivity index (χ3v) is 3.83. The van der Waals surface area contributed by atoms with E-state index < -0.39 is 5.97 Å². The zero-order chi connectivity index (χ0) is 15.7. The zero-order valence-corrected chi connectivity index (χ0v) is 12.1. The average Bonchev–Trinajstić information content (AvgIpc) is 3.22. The van der Waals surface area contributed by atoms with Crippen LogP contribution in [0.2, 0.25) is 0 Å². The summed E-state index contributed by atoms with van der Waals surface area (Å²) in [5.41, 5.74) is 1.16. The summed E-state index contributed by atoms with van der Waals surface area (Å²) in [6.45, 7) is 1.94. The molecule has 0 saturated heterocycles. The monoisotopic (exact) mass is 300 g/mol. The van der Waals surface area contributed by atoms with Gasteiger partial charge in [0.1, 0.15) is 0 Å². The van der Waals surface area contributed by atoms with E-state index in [4.69, 9.17) is 5.11 Å². The van der Waals surface area contributed by atoms with Crippen LogP contribution in [0.4, 0.5) is 5.69 Å². The quantitative estimate of drug-likeness (QED) is 0.879. The van der Waals surface area contributed by atoms with E-state index in [1.54, 1.807) is 24.3 Å². The Bertz CT molecular complexity index is 721. The van der Waals surface area contributed by atoms with Gasteiger partial charge < -0.3 is 10.4 Å². The molecular formula is C15H16N4O3. The van der Waals surface area contributed by atoms with Crippen molar-refractivity contribution >= 4 is 17.6 Å². The van der Waals surface area contributed by atoms with Crippen LogP contribution in [0.5, 0.6) is 0 Å². The Balaban J connectivity index is 1.76. The fourth-order valence-corrected chi connectivity index (χ4v) is 2.28. The van der Waals surface area contributed by atoms with E-state index in [9.17, 15) is 9.59 Å². The van der Waals surface area contributed by atoms with Crippen molar-refractivity contribution in [1.82, 2.24) is 15.0 Å². The SMILES string of the molecule is C[C@H](C(=O)Nc1cccc(-n2cc(C(=O)O)nn2)c1)C1CC1. The lowest BCUT2D eigenvalue weighted by molar-refractivity contribution is -0.119. The molecule has 2 N–H and O–H groups in total. The van der Waals surface area contributed by atoms with E-state index >= 15 is 0 Å². The topological polar surface area (TPSA) is 97.1 Å². The third-order valence-electron chi connectivity index (χ3n) is 3.83. The molecule has 1 fully saturated rings. The molecule has 1 heterocycles. The summed E-state index contributed by atoms with van der Waals surface area (Å²) in [5.74, 6) is -0.622. The maximum absolute atomic E-state index is 12.1. The summed E-state index contributed by atoms with van der Waals surface area (Å²) < 4.78 is 1.36. The number of anilines is 1. The molecule has 1 aromatic heterocycles. The molecule has 0 spiro atoms. The highest BCUT2D eigenvalue weighted by molar-refractivity contribution is 5.93. The number of hydrogen-bond donors (Lipinski definition) is 2. The molecule has 2 aromatic rings. The molecule has 1 aliphatic carbocycles. The summed E-state index contributed by atoms with van der Waals surface area (Å²) in [6, 6.07) is 7.06. The lowest BCUT2D eigenvalue weighted by Crippen LogP contribution is -2.21. The number of carbonyl (C=O) groups is 2. The Morgan fingerprint density at radius 3 is 2.82 bits per heavy atom. The van der Waals surface area contributed by atoms with Gasteiger partial charge in [-0.15, -0.1) is 5.10 Å². The van der Waals surface area contributed by atoms with Crippen molar-refractivity contribution in [3.8, 4) is 5.69 Å². The molecule has 0 radical (unpaired) electrons. The van der Waals surface area contributed by atoms with Crippen LogP contribution in [-0.2, 0) is 4.79 Å². The van der Waals surface area contributed by atoms with Gasteiger partial charge in [0.25, 0.3) is 0 Å². The number of carboxylic acids is 1. The molecule has 22 heavy (non-hydrogen) atoms. The molecule has 1 atom stereocenters. The number of aromatic carboxylic acids is 1. The van der Waals surface area contributed by atoms with Crippen LogP contribution >= 0.6 is 0 Å². The number of carbonyl (C=O) groups excluding carboxylic acids is 1. The zero-order valence-electron chi connectivity index (χ0n) is 12.1. The number of rotatable bonds is 5. The van der Waals surface area contributed by atoms with Gasteiger partial charge in [0, 0.05) is 11.6 Å². The molecule has 1 amide bonds. The summed E-state index contributed by atoms with van der Waals surface area (Å²) in [4.78, 5) is 22.9. The summed E-state index contributed by atoms with van der Waals surface area (Å²) in [5, 5.41) is 19.1. The van der Waals surface area contributed by atoms with E-state index in [0.29, 0.717) is 17.3 Å². The van der Waals surface area contributed by atoms with Gasteiger partial charge in [-0.25, -0.2) is 9.48 Å². The Labute approximate surface area is 126 Å². The molecular weight excluding hydrogens is 284 g/mol. The molecule has 7 nitrogen and oxygen atoms in total. The van der Waals surface area contributed by atoms with E-state index in [1.165, 1.54) is 10.9 Å². The summed E-state index contributed by atoms with van der Waals surface area (Å²) in [6.07, 6.45) is 3.56. The first kappa shape index (κ1) is 14.2. The fraction of sp³-hybridized carbons (Fsp3) is 0.333. The number of nitrogens with one attached hydrogen (secondary N) is 1. The molecule has 1 aliphatic rings. The first-order chi connectivity index (χ1) is 10.5. The fourth-order valence-electron chi connectivity index (χ4n) is 2.28. The number of aromatic nitrogens is 3. The van der Waals surface area contributed by atoms with Crippen LogP contribution in [-0.4, -0.2) is 32.0 Å². The summed E-state index contributed by atoms with van der Waals surface area (Å²) in [7, 11) is 0. The lowest BCUT2D eigenvalue weighted by atomic mass is 10.1. The van der Waals surface area contributed by atoms with Gasteiger partial charge in [-0.1, -0.05) is 18.2 Å². The molecule has 1 aromatic carbocycles. The van der Waals surface area contributed by atoms with Crippen molar-refractivity contribution < 1.29 is 14.7 Å². The van der Waals surface area contributed by atoms with Crippen molar-refractivity contribution in [3.63, 3.8) is 0 Å². The minimum absolute atomic E-state index is 0.00413. The Kier molecular flexibility index (Phi) is 3.62. The Morgan fingerprint density at radius 2 is 2.18 bits per heavy atom.